The Morgan fingerprint density at radius 3 is 2.72 bits per heavy atom. The highest BCUT2D eigenvalue weighted by Gasteiger charge is 2.35. The number of aryl methyl sites for hydroxylation is 1. The van der Waals surface area contributed by atoms with E-state index in [4.69, 9.17) is 11.6 Å². The van der Waals surface area contributed by atoms with E-state index in [0.717, 1.165) is 6.42 Å². The lowest BCUT2D eigenvalue weighted by molar-refractivity contribution is -0.385. The summed E-state index contributed by atoms with van der Waals surface area (Å²) >= 11 is 5.68. The molecule has 0 atom stereocenters. The van der Waals surface area contributed by atoms with Gasteiger partial charge in [0.15, 0.2) is 0 Å². The first-order chi connectivity index (χ1) is 8.41. The molecule has 18 heavy (non-hydrogen) atoms. The van der Waals surface area contributed by atoms with E-state index in [2.05, 4.69) is 15.3 Å². The summed E-state index contributed by atoms with van der Waals surface area (Å²) in [6, 6.07) is 0. The lowest BCUT2D eigenvalue weighted by Gasteiger charge is -2.36. The SMILES string of the molecule is Cc1nc(Cl)nc(NCC2(O)CCC2)c1[N+](=O)[O-]. The number of nitrogens with one attached hydrogen (secondary N) is 1. The van der Waals surface area contributed by atoms with Gasteiger partial charge in [-0.05, 0) is 37.8 Å². The van der Waals surface area contributed by atoms with Gasteiger partial charge in [0.1, 0.15) is 5.69 Å². The zero-order chi connectivity index (χ0) is 13.3. The van der Waals surface area contributed by atoms with Gasteiger partial charge < -0.3 is 10.4 Å². The fourth-order valence-electron chi connectivity index (χ4n) is 1.88. The molecule has 2 rings (SSSR count). The van der Waals surface area contributed by atoms with Crippen LogP contribution >= 0.6 is 11.6 Å². The first-order valence-corrected chi connectivity index (χ1v) is 5.94. The summed E-state index contributed by atoms with van der Waals surface area (Å²) in [7, 11) is 0. The molecule has 1 aliphatic carbocycles. The Bertz CT molecular complexity index is 490. The normalized spacial score (nSPS) is 17.1. The first kappa shape index (κ1) is 13.0. The Hall–Kier alpha value is -1.47. The lowest BCUT2D eigenvalue weighted by Crippen LogP contribution is -2.43. The molecule has 0 unspecified atom stereocenters. The molecule has 1 aromatic rings. The van der Waals surface area contributed by atoms with Crippen LogP contribution in [0.1, 0.15) is 25.0 Å². The van der Waals surface area contributed by atoms with Crippen LogP contribution in [0, 0.1) is 17.0 Å². The Morgan fingerprint density at radius 2 is 2.22 bits per heavy atom. The lowest BCUT2D eigenvalue weighted by atomic mass is 9.80. The van der Waals surface area contributed by atoms with Crippen molar-refractivity contribution < 1.29 is 10.0 Å². The zero-order valence-corrected chi connectivity index (χ0v) is 10.6. The maximum Gasteiger partial charge on any atom is 0.332 e. The molecule has 1 heterocycles. The smallest absolute Gasteiger partial charge is 0.332 e. The molecule has 1 saturated carbocycles. The van der Waals surface area contributed by atoms with Crippen molar-refractivity contribution in [1.82, 2.24) is 9.97 Å². The predicted molar refractivity (Wildman–Crippen MR) is 65.7 cm³/mol. The van der Waals surface area contributed by atoms with E-state index < -0.39 is 10.5 Å². The van der Waals surface area contributed by atoms with E-state index in [1.54, 1.807) is 0 Å². The maximum atomic E-state index is 10.9. The second-order valence-electron chi connectivity index (χ2n) is 4.46. The molecule has 0 amide bonds. The fourth-order valence-corrected chi connectivity index (χ4v) is 2.10. The van der Waals surface area contributed by atoms with E-state index in [1.165, 1.54) is 6.92 Å². The van der Waals surface area contributed by atoms with Crippen LogP contribution in [0.15, 0.2) is 0 Å². The molecule has 2 N–H and O–H groups in total. The van der Waals surface area contributed by atoms with Crippen LogP contribution in [0.5, 0.6) is 0 Å². The number of anilines is 1. The number of nitrogens with zero attached hydrogens (tertiary/aromatic N) is 3. The van der Waals surface area contributed by atoms with E-state index in [0.29, 0.717) is 12.8 Å². The highest BCUT2D eigenvalue weighted by atomic mass is 35.5. The summed E-state index contributed by atoms with van der Waals surface area (Å²) in [5.74, 6) is 0.0535. The van der Waals surface area contributed by atoms with Crippen LogP contribution in [0.2, 0.25) is 5.28 Å². The summed E-state index contributed by atoms with van der Waals surface area (Å²) in [5.41, 5.74) is -0.801. The molecule has 0 saturated heterocycles. The molecule has 0 radical (unpaired) electrons. The van der Waals surface area contributed by atoms with Gasteiger partial charge in [0.25, 0.3) is 0 Å². The largest absolute Gasteiger partial charge is 0.388 e. The van der Waals surface area contributed by atoms with Crippen molar-refractivity contribution in [3.8, 4) is 0 Å². The van der Waals surface area contributed by atoms with Gasteiger partial charge in [0, 0.05) is 6.54 Å². The maximum absolute atomic E-state index is 10.9. The molecule has 8 heteroatoms. The van der Waals surface area contributed by atoms with Gasteiger partial charge in [0.2, 0.25) is 11.1 Å². The topological polar surface area (TPSA) is 101 Å². The van der Waals surface area contributed by atoms with Crippen molar-refractivity contribution in [2.45, 2.75) is 31.8 Å². The van der Waals surface area contributed by atoms with E-state index in [1.807, 2.05) is 0 Å². The molecule has 98 valence electrons. The van der Waals surface area contributed by atoms with E-state index >= 15 is 0 Å². The minimum absolute atomic E-state index is 0.0535. The Kier molecular flexibility index (Phi) is 3.36. The second kappa shape index (κ2) is 4.66. The average molecular weight is 273 g/mol. The first-order valence-electron chi connectivity index (χ1n) is 5.56. The van der Waals surface area contributed by atoms with Gasteiger partial charge in [-0.1, -0.05) is 0 Å². The van der Waals surface area contributed by atoms with Gasteiger partial charge in [-0.25, -0.2) is 4.98 Å². The van der Waals surface area contributed by atoms with Crippen molar-refractivity contribution >= 4 is 23.1 Å². The van der Waals surface area contributed by atoms with Crippen LogP contribution in [0.4, 0.5) is 11.5 Å². The standard InChI is InChI=1S/C10H13ClN4O3/c1-6-7(15(17)18)8(14-9(11)13-6)12-5-10(16)3-2-4-10/h16H,2-5H2,1H3,(H,12,13,14). The molecule has 0 aliphatic heterocycles. The number of aromatic nitrogens is 2. The summed E-state index contributed by atoms with van der Waals surface area (Å²) < 4.78 is 0. The Balaban J connectivity index is 2.22. The van der Waals surface area contributed by atoms with Crippen molar-refractivity contribution in [1.29, 1.82) is 0 Å². The number of hydrogen-bond donors (Lipinski definition) is 2. The molecule has 1 fully saturated rings. The van der Waals surface area contributed by atoms with Crippen molar-refractivity contribution in [3.63, 3.8) is 0 Å². The highest BCUT2D eigenvalue weighted by Crippen LogP contribution is 2.33. The minimum Gasteiger partial charge on any atom is -0.388 e. The number of aliphatic hydroxyl groups is 1. The van der Waals surface area contributed by atoms with Crippen molar-refractivity contribution in [3.05, 3.63) is 21.1 Å². The van der Waals surface area contributed by atoms with Gasteiger partial charge in [0.05, 0.1) is 10.5 Å². The monoisotopic (exact) mass is 272 g/mol. The third kappa shape index (κ3) is 2.51. The van der Waals surface area contributed by atoms with Crippen LogP contribution in [0.3, 0.4) is 0 Å². The summed E-state index contributed by atoms with van der Waals surface area (Å²) in [6.07, 6.45) is 2.33. The number of hydrogen-bond acceptors (Lipinski definition) is 6. The second-order valence-corrected chi connectivity index (χ2v) is 4.80. The molecule has 1 aromatic heterocycles. The van der Waals surface area contributed by atoms with Crippen molar-refractivity contribution in [2.75, 3.05) is 11.9 Å². The predicted octanol–water partition coefficient (Wildman–Crippen LogP) is 1.67. The number of nitro groups is 1. The van der Waals surface area contributed by atoms with Crippen LogP contribution in [0.25, 0.3) is 0 Å². The minimum atomic E-state index is -0.792. The third-order valence-corrected chi connectivity index (χ3v) is 3.25. The van der Waals surface area contributed by atoms with Gasteiger partial charge >= 0.3 is 5.69 Å². The average Bonchev–Trinajstić information content (AvgIpc) is 2.22. The Morgan fingerprint density at radius 1 is 1.56 bits per heavy atom. The fraction of sp³-hybridized carbons (Fsp3) is 0.600. The van der Waals surface area contributed by atoms with E-state index in [-0.39, 0.29) is 29.0 Å². The Labute approximate surface area is 108 Å². The molecule has 0 spiro atoms. The van der Waals surface area contributed by atoms with Crippen LogP contribution < -0.4 is 5.32 Å². The van der Waals surface area contributed by atoms with Gasteiger partial charge in [-0.2, -0.15) is 4.98 Å². The van der Waals surface area contributed by atoms with Crippen LogP contribution in [-0.4, -0.2) is 32.1 Å². The number of rotatable bonds is 4. The summed E-state index contributed by atoms with van der Waals surface area (Å²) in [4.78, 5) is 17.9. The summed E-state index contributed by atoms with van der Waals surface area (Å²) in [6.45, 7) is 1.72. The van der Waals surface area contributed by atoms with E-state index in [9.17, 15) is 15.2 Å². The number of halogens is 1. The summed E-state index contributed by atoms with van der Waals surface area (Å²) in [5, 5.41) is 23.6. The quantitative estimate of drug-likeness (QED) is 0.491. The van der Waals surface area contributed by atoms with Gasteiger partial charge in [-0.15, -0.1) is 0 Å². The van der Waals surface area contributed by atoms with Gasteiger partial charge in [-0.3, -0.25) is 10.1 Å². The molecule has 0 bridgehead atoms. The molecule has 1 aliphatic rings. The molecular weight excluding hydrogens is 260 g/mol. The highest BCUT2D eigenvalue weighted by molar-refractivity contribution is 6.28. The zero-order valence-electron chi connectivity index (χ0n) is 9.81. The third-order valence-electron chi connectivity index (χ3n) is 3.08. The van der Waals surface area contributed by atoms with Crippen LogP contribution in [-0.2, 0) is 0 Å². The molecule has 0 aromatic carbocycles. The molecule has 7 nitrogen and oxygen atoms in total. The van der Waals surface area contributed by atoms with Crippen molar-refractivity contribution in [2.24, 2.45) is 0 Å². The molecular formula is C10H13ClN4O3.